The van der Waals surface area contributed by atoms with E-state index in [1.807, 2.05) is 6.92 Å². The molecule has 6 nitrogen and oxygen atoms in total. The third-order valence-electron chi connectivity index (χ3n) is 4.47. The van der Waals surface area contributed by atoms with Crippen LogP contribution in [0, 0.1) is 5.82 Å². The summed E-state index contributed by atoms with van der Waals surface area (Å²) in [5.41, 5.74) is 1.59. The minimum absolute atomic E-state index is 0.0269. The fraction of sp³-hybridized carbons (Fsp3) is 0.174. The summed E-state index contributed by atoms with van der Waals surface area (Å²) in [6, 6.07) is 19.2. The molecule has 0 saturated heterocycles. The average molecular weight is 443 g/mol. The van der Waals surface area contributed by atoms with Crippen molar-refractivity contribution in [3.8, 4) is 5.75 Å². The van der Waals surface area contributed by atoms with Gasteiger partial charge in [-0.05, 0) is 48.9 Å². The van der Waals surface area contributed by atoms with E-state index in [1.54, 1.807) is 54.6 Å². The normalized spacial score (nSPS) is 11.1. The smallest absolute Gasteiger partial charge is 0.255 e. The number of hydrogen-bond donors (Lipinski definition) is 1. The molecule has 0 radical (unpaired) electrons. The molecule has 0 heterocycles. The first-order valence-electron chi connectivity index (χ1n) is 9.63. The molecule has 3 aromatic rings. The van der Waals surface area contributed by atoms with Crippen molar-refractivity contribution in [1.29, 1.82) is 0 Å². The lowest BCUT2D eigenvalue weighted by Crippen LogP contribution is -2.30. The molecular formula is C23H23FN2O4S. The molecule has 0 spiro atoms. The van der Waals surface area contributed by atoms with Gasteiger partial charge in [-0.2, -0.15) is 0 Å². The Hall–Kier alpha value is -3.39. The quantitative estimate of drug-likeness (QED) is 0.560. The number of halogens is 1. The number of ether oxygens (including phenoxy) is 1. The number of carbonyl (C=O) groups is 1. The molecular weight excluding hydrogens is 419 g/mol. The molecule has 0 aromatic heterocycles. The molecule has 3 aromatic carbocycles. The minimum atomic E-state index is -3.71. The second-order valence-corrected chi connectivity index (χ2v) is 8.74. The number of amides is 1. The number of hydrogen-bond acceptors (Lipinski definition) is 4. The fourth-order valence-corrected chi connectivity index (χ4v) is 3.88. The van der Waals surface area contributed by atoms with Crippen molar-refractivity contribution in [2.45, 2.75) is 13.5 Å². The van der Waals surface area contributed by atoms with E-state index in [9.17, 15) is 17.6 Å². The van der Waals surface area contributed by atoms with E-state index in [-0.39, 0.29) is 18.1 Å². The zero-order valence-electron chi connectivity index (χ0n) is 17.2. The van der Waals surface area contributed by atoms with Crippen LogP contribution in [-0.4, -0.2) is 27.2 Å². The maximum Gasteiger partial charge on any atom is 0.255 e. The van der Waals surface area contributed by atoms with Crippen molar-refractivity contribution in [3.05, 3.63) is 89.7 Å². The number of rotatable bonds is 8. The standard InChI is InChI=1S/C23H23FN2O4S/c1-3-30-20-8-6-7-19(15-20)25-23(27)18-13-11-17(12-14-18)16-26(31(2,28)29)22-10-5-4-9-21(22)24/h4-15H,3,16H2,1-2H3,(H,25,27). The van der Waals surface area contributed by atoms with Gasteiger partial charge in [0.2, 0.25) is 10.0 Å². The van der Waals surface area contributed by atoms with Gasteiger partial charge in [0.15, 0.2) is 0 Å². The van der Waals surface area contributed by atoms with Gasteiger partial charge in [-0.15, -0.1) is 0 Å². The molecule has 0 aliphatic carbocycles. The minimum Gasteiger partial charge on any atom is -0.494 e. The number of benzene rings is 3. The fourth-order valence-electron chi connectivity index (χ4n) is 3.00. The highest BCUT2D eigenvalue weighted by Gasteiger charge is 2.21. The second-order valence-electron chi connectivity index (χ2n) is 6.83. The number of anilines is 2. The molecule has 1 N–H and O–H groups in total. The molecule has 1 amide bonds. The molecule has 162 valence electrons. The van der Waals surface area contributed by atoms with Gasteiger partial charge in [-0.3, -0.25) is 9.10 Å². The lowest BCUT2D eigenvalue weighted by atomic mass is 10.1. The van der Waals surface area contributed by atoms with E-state index in [4.69, 9.17) is 4.74 Å². The summed E-state index contributed by atoms with van der Waals surface area (Å²) in [6.07, 6.45) is 1.03. The Labute approximate surface area is 181 Å². The number of nitrogens with zero attached hydrogens (tertiary/aromatic N) is 1. The summed E-state index contributed by atoms with van der Waals surface area (Å²) in [7, 11) is -3.71. The van der Waals surface area contributed by atoms with Crippen molar-refractivity contribution >= 4 is 27.3 Å². The SMILES string of the molecule is CCOc1cccc(NC(=O)c2ccc(CN(c3ccccc3F)S(C)(=O)=O)cc2)c1. The first-order chi connectivity index (χ1) is 14.8. The zero-order valence-corrected chi connectivity index (χ0v) is 18.0. The zero-order chi connectivity index (χ0) is 22.4. The lowest BCUT2D eigenvalue weighted by molar-refractivity contribution is 0.102. The molecule has 0 aliphatic rings. The first-order valence-corrected chi connectivity index (χ1v) is 11.5. The molecule has 3 rings (SSSR count). The van der Waals surface area contributed by atoms with Crippen molar-refractivity contribution in [1.82, 2.24) is 0 Å². The maximum atomic E-state index is 14.2. The van der Waals surface area contributed by atoms with Crippen LogP contribution in [0.4, 0.5) is 15.8 Å². The molecule has 8 heteroatoms. The van der Waals surface area contributed by atoms with Crippen LogP contribution in [0.5, 0.6) is 5.75 Å². The van der Waals surface area contributed by atoms with Crippen LogP contribution < -0.4 is 14.4 Å². The summed E-state index contributed by atoms with van der Waals surface area (Å²) in [4.78, 5) is 12.5. The Morgan fingerprint density at radius 2 is 1.74 bits per heavy atom. The summed E-state index contributed by atoms with van der Waals surface area (Å²) in [5, 5.41) is 2.80. The predicted molar refractivity (Wildman–Crippen MR) is 119 cm³/mol. The van der Waals surface area contributed by atoms with Crippen LogP contribution >= 0.6 is 0 Å². The van der Waals surface area contributed by atoms with Gasteiger partial charge < -0.3 is 10.1 Å². The van der Waals surface area contributed by atoms with Gasteiger partial charge in [-0.25, -0.2) is 12.8 Å². The van der Waals surface area contributed by atoms with Crippen LogP contribution in [0.3, 0.4) is 0 Å². The van der Waals surface area contributed by atoms with Gasteiger partial charge >= 0.3 is 0 Å². The number of sulfonamides is 1. The third kappa shape index (κ3) is 5.82. The van der Waals surface area contributed by atoms with Crippen LogP contribution in [-0.2, 0) is 16.6 Å². The van der Waals surface area contributed by atoms with E-state index in [0.29, 0.717) is 29.2 Å². The number of para-hydroxylation sites is 1. The van der Waals surface area contributed by atoms with Gasteiger partial charge in [0.05, 0.1) is 25.1 Å². The van der Waals surface area contributed by atoms with Gasteiger partial charge in [0, 0.05) is 17.3 Å². The summed E-state index contributed by atoms with van der Waals surface area (Å²) >= 11 is 0. The monoisotopic (exact) mass is 442 g/mol. The Balaban J connectivity index is 1.75. The van der Waals surface area contributed by atoms with E-state index >= 15 is 0 Å². The van der Waals surface area contributed by atoms with Crippen LogP contribution in [0.2, 0.25) is 0 Å². The Morgan fingerprint density at radius 1 is 1.03 bits per heavy atom. The van der Waals surface area contributed by atoms with Crippen LogP contribution in [0.25, 0.3) is 0 Å². The molecule has 0 saturated carbocycles. The predicted octanol–water partition coefficient (Wildman–Crippen LogP) is 4.44. The van der Waals surface area contributed by atoms with E-state index in [0.717, 1.165) is 10.6 Å². The van der Waals surface area contributed by atoms with E-state index < -0.39 is 15.8 Å². The highest BCUT2D eigenvalue weighted by Crippen LogP contribution is 2.24. The summed E-state index contributed by atoms with van der Waals surface area (Å²) in [5.74, 6) is -0.280. The van der Waals surface area contributed by atoms with Gasteiger partial charge in [-0.1, -0.05) is 30.3 Å². The Morgan fingerprint density at radius 3 is 2.39 bits per heavy atom. The topological polar surface area (TPSA) is 75.7 Å². The Kier molecular flexibility index (Phi) is 6.91. The average Bonchev–Trinajstić information content (AvgIpc) is 2.73. The number of carbonyl (C=O) groups excluding carboxylic acids is 1. The molecule has 0 atom stereocenters. The molecule has 0 bridgehead atoms. The van der Waals surface area contributed by atoms with Crippen molar-refractivity contribution < 1.29 is 22.3 Å². The number of nitrogens with one attached hydrogen (secondary N) is 1. The molecule has 0 aliphatic heterocycles. The van der Waals surface area contributed by atoms with E-state index in [1.165, 1.54) is 18.2 Å². The maximum absolute atomic E-state index is 14.2. The van der Waals surface area contributed by atoms with Crippen molar-refractivity contribution in [2.24, 2.45) is 0 Å². The summed E-state index contributed by atoms with van der Waals surface area (Å²) < 4.78 is 45.0. The lowest BCUT2D eigenvalue weighted by Gasteiger charge is -2.23. The Bertz CT molecular complexity index is 1160. The third-order valence-corrected chi connectivity index (χ3v) is 5.59. The van der Waals surface area contributed by atoms with Gasteiger partial charge in [0.1, 0.15) is 11.6 Å². The van der Waals surface area contributed by atoms with Crippen molar-refractivity contribution in [3.63, 3.8) is 0 Å². The molecule has 31 heavy (non-hydrogen) atoms. The largest absolute Gasteiger partial charge is 0.494 e. The first kappa shape index (κ1) is 22.3. The second kappa shape index (κ2) is 9.61. The van der Waals surface area contributed by atoms with E-state index in [2.05, 4.69) is 5.32 Å². The molecule has 0 unspecified atom stereocenters. The highest BCUT2D eigenvalue weighted by molar-refractivity contribution is 7.92. The van der Waals surface area contributed by atoms with Gasteiger partial charge in [0.25, 0.3) is 5.91 Å². The van der Waals surface area contributed by atoms with Crippen molar-refractivity contribution in [2.75, 3.05) is 22.5 Å². The van der Waals surface area contributed by atoms with Crippen LogP contribution in [0.1, 0.15) is 22.8 Å². The van der Waals surface area contributed by atoms with Crippen LogP contribution in [0.15, 0.2) is 72.8 Å². The highest BCUT2D eigenvalue weighted by atomic mass is 32.2. The molecule has 0 fully saturated rings. The summed E-state index contributed by atoms with van der Waals surface area (Å²) in [6.45, 7) is 2.35.